The highest BCUT2D eigenvalue weighted by Gasteiger charge is 2.51. The van der Waals surface area contributed by atoms with Gasteiger partial charge in [-0.15, -0.1) is 0 Å². The summed E-state index contributed by atoms with van der Waals surface area (Å²) in [7, 11) is -3.93. The zero-order chi connectivity index (χ0) is 25.9. The highest BCUT2D eigenvalue weighted by molar-refractivity contribution is 7.92. The molecule has 3 aromatic rings. The molecule has 1 aliphatic heterocycles. The summed E-state index contributed by atoms with van der Waals surface area (Å²) in [6.45, 7) is 0.618. The highest BCUT2D eigenvalue weighted by Crippen LogP contribution is 2.51. The molecule has 2 N–H and O–H groups in total. The van der Waals surface area contributed by atoms with Crippen molar-refractivity contribution in [2.45, 2.75) is 29.5 Å². The summed E-state index contributed by atoms with van der Waals surface area (Å²) in [6.07, 6.45) is -1.74. The molecule has 2 aliphatic rings. The predicted molar refractivity (Wildman–Crippen MR) is 131 cm³/mol. The van der Waals surface area contributed by atoms with E-state index in [2.05, 4.69) is 14.6 Å². The van der Waals surface area contributed by atoms with E-state index < -0.39 is 22.1 Å². The maximum Gasteiger partial charge on any atom is 0.471 e. The van der Waals surface area contributed by atoms with E-state index in [1.165, 1.54) is 18.3 Å². The second kappa shape index (κ2) is 8.83. The van der Waals surface area contributed by atoms with Crippen molar-refractivity contribution >= 4 is 55.7 Å². The molecule has 7 nitrogen and oxygen atoms in total. The fourth-order valence-corrected chi connectivity index (χ4v) is 6.45. The number of nitrogens with one attached hydrogen (secondary N) is 2. The molecular formula is C23H21Cl2F3N4O3S. The monoisotopic (exact) mass is 560 g/mol. The molecule has 36 heavy (non-hydrogen) atoms. The number of alkyl halides is 3. The predicted octanol–water partition coefficient (Wildman–Crippen LogP) is 4.97. The minimum Gasteiger partial charge on any atom is -0.358 e. The van der Waals surface area contributed by atoms with E-state index in [9.17, 15) is 26.4 Å². The number of H-pyrrole nitrogens is 1. The number of piperazine rings is 1. The van der Waals surface area contributed by atoms with Crippen molar-refractivity contribution in [1.29, 1.82) is 0 Å². The maximum atomic E-state index is 13.1. The molecular weight excluding hydrogens is 540 g/mol. The van der Waals surface area contributed by atoms with Gasteiger partial charge in [0, 0.05) is 43.3 Å². The lowest BCUT2D eigenvalue weighted by molar-refractivity contribution is -0.187. The molecule has 1 saturated heterocycles. The molecule has 1 saturated carbocycles. The van der Waals surface area contributed by atoms with Crippen LogP contribution in [-0.4, -0.2) is 61.5 Å². The molecule has 0 unspecified atom stereocenters. The number of fused-ring (bicyclic) bond motifs is 1. The van der Waals surface area contributed by atoms with Gasteiger partial charge in [-0.25, -0.2) is 8.42 Å². The van der Waals surface area contributed by atoms with Crippen molar-refractivity contribution in [3.63, 3.8) is 0 Å². The molecule has 2 heterocycles. The zero-order valence-corrected chi connectivity index (χ0v) is 21.0. The third-order valence-corrected chi connectivity index (χ3v) is 8.82. The zero-order valence-electron chi connectivity index (χ0n) is 18.7. The number of rotatable bonds is 5. The second-order valence-electron chi connectivity index (χ2n) is 8.92. The first kappa shape index (κ1) is 25.2. The standard InChI is InChI=1S/C23H21Cl2F3N4O3S/c24-16-5-6-18(20-19(16)17(25)13-29-20)30-36(34,35)15-3-1-14(2-4-15)22(7-8-22)32-11-9-31(10-12-32)21(33)23(26,27)28/h1-6,13,29-30H,7-12H2. The van der Waals surface area contributed by atoms with E-state index in [4.69, 9.17) is 23.2 Å². The van der Waals surface area contributed by atoms with Crippen LogP contribution >= 0.6 is 23.2 Å². The van der Waals surface area contributed by atoms with Crippen LogP contribution in [0.5, 0.6) is 0 Å². The lowest BCUT2D eigenvalue weighted by Crippen LogP contribution is -2.54. The summed E-state index contributed by atoms with van der Waals surface area (Å²) in [4.78, 5) is 17.4. The van der Waals surface area contributed by atoms with Crippen LogP contribution in [0.15, 0.2) is 47.5 Å². The van der Waals surface area contributed by atoms with Crippen LogP contribution in [0.4, 0.5) is 18.9 Å². The molecule has 0 bridgehead atoms. The van der Waals surface area contributed by atoms with Crippen molar-refractivity contribution in [1.82, 2.24) is 14.8 Å². The number of sulfonamides is 1. The fourth-order valence-electron chi connectivity index (χ4n) is 4.82. The van der Waals surface area contributed by atoms with E-state index in [0.717, 1.165) is 23.3 Å². The molecule has 0 radical (unpaired) electrons. The summed E-state index contributed by atoms with van der Waals surface area (Å²) in [5.74, 6) is -1.81. The van der Waals surface area contributed by atoms with Crippen LogP contribution < -0.4 is 4.72 Å². The molecule has 1 amide bonds. The number of hydrogen-bond acceptors (Lipinski definition) is 4. The number of aromatic nitrogens is 1. The Labute approximate surface area is 215 Å². The Morgan fingerprint density at radius 2 is 1.61 bits per heavy atom. The molecule has 5 rings (SSSR count). The van der Waals surface area contributed by atoms with Gasteiger partial charge >= 0.3 is 12.1 Å². The first-order valence-corrected chi connectivity index (χ1v) is 13.4. The van der Waals surface area contributed by atoms with E-state index in [0.29, 0.717) is 39.7 Å². The Hall–Kier alpha value is -2.47. The van der Waals surface area contributed by atoms with Crippen LogP contribution in [0.25, 0.3) is 10.9 Å². The van der Waals surface area contributed by atoms with Crippen LogP contribution in [0.1, 0.15) is 18.4 Å². The summed E-state index contributed by atoms with van der Waals surface area (Å²) in [5.41, 5.74) is 1.30. The van der Waals surface area contributed by atoms with Gasteiger partial charge in [-0.2, -0.15) is 13.2 Å². The summed E-state index contributed by atoms with van der Waals surface area (Å²) >= 11 is 12.3. The number of nitrogens with zero attached hydrogens (tertiary/aromatic N) is 2. The molecule has 1 aromatic heterocycles. The third kappa shape index (κ3) is 4.42. The SMILES string of the molecule is O=C(N1CCN(C2(c3ccc(S(=O)(=O)Nc4ccc(Cl)c5c(Cl)c[nH]c45)cc3)CC2)CC1)C(F)(F)F. The Bertz CT molecular complexity index is 1430. The molecule has 0 atom stereocenters. The normalized spacial score (nSPS) is 18.4. The molecule has 0 spiro atoms. The average Bonchev–Trinajstić information content (AvgIpc) is 3.56. The van der Waals surface area contributed by atoms with Gasteiger partial charge in [0.15, 0.2) is 0 Å². The van der Waals surface area contributed by atoms with E-state index in [1.54, 1.807) is 24.3 Å². The first-order chi connectivity index (χ1) is 16.9. The summed E-state index contributed by atoms with van der Waals surface area (Å²) < 4.78 is 66.9. The minimum absolute atomic E-state index is 0.00516. The molecule has 13 heteroatoms. The number of benzene rings is 2. The van der Waals surface area contributed by atoms with Crippen LogP contribution in [0, 0.1) is 0 Å². The van der Waals surface area contributed by atoms with Crippen LogP contribution in [0.3, 0.4) is 0 Å². The Morgan fingerprint density at radius 3 is 2.19 bits per heavy atom. The van der Waals surface area contributed by atoms with E-state index >= 15 is 0 Å². The summed E-state index contributed by atoms with van der Waals surface area (Å²) in [5, 5.41) is 1.28. The molecule has 2 fully saturated rings. The lowest BCUT2D eigenvalue weighted by Gasteiger charge is -2.40. The molecule has 2 aromatic carbocycles. The van der Waals surface area contributed by atoms with Crippen molar-refractivity contribution in [3.05, 3.63) is 58.2 Å². The van der Waals surface area contributed by atoms with Gasteiger partial charge in [0.2, 0.25) is 0 Å². The number of carbonyl (C=O) groups is 1. The van der Waals surface area contributed by atoms with Gasteiger partial charge in [0.05, 0.1) is 26.1 Å². The minimum atomic E-state index is -4.88. The van der Waals surface area contributed by atoms with E-state index in [-0.39, 0.29) is 23.5 Å². The largest absolute Gasteiger partial charge is 0.471 e. The van der Waals surface area contributed by atoms with Gasteiger partial charge in [0.1, 0.15) is 0 Å². The average molecular weight is 561 g/mol. The topological polar surface area (TPSA) is 85.5 Å². The third-order valence-electron chi connectivity index (χ3n) is 6.82. The van der Waals surface area contributed by atoms with Gasteiger partial charge in [-0.1, -0.05) is 35.3 Å². The van der Waals surface area contributed by atoms with Crippen molar-refractivity contribution in [3.8, 4) is 0 Å². The molecule has 1 aliphatic carbocycles. The van der Waals surface area contributed by atoms with Crippen molar-refractivity contribution in [2.24, 2.45) is 0 Å². The number of carbonyl (C=O) groups excluding carboxylic acids is 1. The Kier molecular flexibility index (Phi) is 6.18. The number of amides is 1. The van der Waals surface area contributed by atoms with Gasteiger partial charge in [-0.05, 0) is 42.7 Å². The maximum absolute atomic E-state index is 13.1. The number of anilines is 1. The fraction of sp³-hybridized carbons (Fsp3) is 0.348. The van der Waals surface area contributed by atoms with Gasteiger partial charge in [0.25, 0.3) is 10.0 Å². The first-order valence-electron chi connectivity index (χ1n) is 11.1. The highest BCUT2D eigenvalue weighted by atomic mass is 35.5. The van der Waals surface area contributed by atoms with Gasteiger partial charge < -0.3 is 9.88 Å². The summed E-state index contributed by atoms with van der Waals surface area (Å²) in [6, 6.07) is 9.59. The second-order valence-corrected chi connectivity index (χ2v) is 11.4. The van der Waals surface area contributed by atoms with Crippen LogP contribution in [0.2, 0.25) is 10.0 Å². The van der Waals surface area contributed by atoms with Crippen molar-refractivity contribution < 1.29 is 26.4 Å². The Morgan fingerprint density at radius 1 is 0.972 bits per heavy atom. The quantitative estimate of drug-likeness (QED) is 0.461. The number of aromatic amines is 1. The lowest BCUT2D eigenvalue weighted by atomic mass is 10.0. The molecule has 192 valence electrons. The smallest absolute Gasteiger partial charge is 0.358 e. The number of hydrogen-bond donors (Lipinski definition) is 2. The van der Waals surface area contributed by atoms with Gasteiger partial charge in [-0.3, -0.25) is 14.4 Å². The Balaban J connectivity index is 1.31. The van der Waals surface area contributed by atoms with Crippen molar-refractivity contribution in [2.75, 3.05) is 30.9 Å². The van der Waals surface area contributed by atoms with Crippen LogP contribution in [-0.2, 0) is 20.4 Å². The van der Waals surface area contributed by atoms with E-state index in [1.807, 2.05) is 0 Å². The number of halogens is 5.